The number of likely N-dealkylation sites (N-methyl/N-ethyl adjacent to an activating group) is 1. The van der Waals surface area contributed by atoms with Crippen LogP contribution in [0.5, 0.6) is 5.75 Å². The number of nitrogens with one attached hydrogen (secondary N) is 1. The highest BCUT2D eigenvalue weighted by Gasteiger charge is 2.64. The van der Waals surface area contributed by atoms with Gasteiger partial charge in [-0.25, -0.2) is 14.4 Å². The molecule has 3 N–H and O–H groups in total. The number of carbonyl (C=O) groups is 7. The van der Waals surface area contributed by atoms with Crippen LogP contribution in [0.4, 0.5) is 10.5 Å². The van der Waals surface area contributed by atoms with Crippen LogP contribution in [-0.2, 0) is 69.1 Å². The third kappa shape index (κ3) is 14.0. The van der Waals surface area contributed by atoms with E-state index in [1.807, 2.05) is 26.8 Å². The molecule has 21 nitrogen and oxygen atoms in total. The molecule has 0 spiro atoms. The fourth-order valence-electron chi connectivity index (χ4n) is 8.40. The van der Waals surface area contributed by atoms with Gasteiger partial charge in [-0.3, -0.25) is 29.0 Å². The van der Waals surface area contributed by atoms with E-state index in [-0.39, 0.29) is 47.9 Å². The topological polar surface area (TPSA) is 275 Å². The second kappa shape index (κ2) is 23.2. The van der Waals surface area contributed by atoms with Crippen molar-refractivity contribution in [2.24, 2.45) is 5.92 Å². The van der Waals surface area contributed by atoms with E-state index in [4.69, 9.17) is 40.1 Å². The number of hydrogen-bond acceptors (Lipinski definition) is 18. The zero-order valence-corrected chi connectivity index (χ0v) is 44.5. The van der Waals surface area contributed by atoms with Crippen molar-refractivity contribution in [2.45, 2.75) is 145 Å². The molecule has 4 bridgehead atoms. The zero-order valence-electron chi connectivity index (χ0n) is 41.3. The molecule has 0 aliphatic carbocycles. The molecule has 25 heteroatoms. The maximum Gasteiger partial charge on any atom is 0.409 e. The number of amides is 5. The molecule has 1 aromatic carbocycles. The Labute approximate surface area is 426 Å². The lowest BCUT2D eigenvalue weighted by atomic mass is 9.83. The van der Waals surface area contributed by atoms with Gasteiger partial charge in [-0.15, -0.1) is 5.06 Å². The number of hydrogen-bond donors (Lipinski definition) is 3. The van der Waals surface area contributed by atoms with Crippen LogP contribution in [0.2, 0.25) is 5.02 Å². The Kier molecular flexibility index (Phi) is 18.8. The molecule has 9 atom stereocenters. The second-order valence-electron chi connectivity index (χ2n) is 18.9. The van der Waals surface area contributed by atoms with Crippen LogP contribution >= 0.6 is 33.2 Å². The number of fused-ring (bicyclic) bond motifs is 5. The van der Waals surface area contributed by atoms with Gasteiger partial charge in [0.25, 0.3) is 21.9 Å². The third-order valence-electron chi connectivity index (χ3n) is 13.0. The van der Waals surface area contributed by atoms with Gasteiger partial charge in [-0.1, -0.05) is 63.9 Å². The van der Waals surface area contributed by atoms with Crippen LogP contribution in [0, 0.1) is 5.92 Å². The number of epoxide rings is 1. The van der Waals surface area contributed by atoms with E-state index in [1.54, 1.807) is 38.1 Å². The standard InChI is InChI=1S/C46H63ClN4O17S3/c1-25-12-11-13-33(64-10)46(59)24-31(65-43(58)48-46)26(2)40-45(6,67-40)34(23-38(55)50(8)29-21-28(20-25)22-30(63-9)39(29)47)66-41(56)27(3)49(7)35(52)16-18-44(4,5)70-69-19-17-32(71(60,61)62)42(57)68-51-36(53)14-15-37(51)54/h11-13,21-22,26-27,31-34,40,59H,14-20,23-24H2,1-10H3,(H,48,58)(H,60,61,62)/b13-11+,25-12+/t26?,27-,31?,32?,33?,34?,40+,45+,46?/m0/s1. The number of halogens is 1. The number of ether oxygens (including phenoxy) is 5. The number of methoxy groups -OCH3 is 2. The molecule has 0 radical (unpaired) electrons. The zero-order chi connectivity index (χ0) is 53.0. The number of nitrogens with zero attached hydrogens (tertiary/aromatic N) is 3. The normalized spacial score (nSPS) is 28.4. The molecule has 4 aliphatic rings. The summed E-state index contributed by atoms with van der Waals surface area (Å²) < 4.78 is 62.5. The van der Waals surface area contributed by atoms with Crippen molar-refractivity contribution in [2.75, 3.05) is 39.0 Å². The lowest BCUT2D eigenvalue weighted by Gasteiger charge is -2.42. The molecule has 0 saturated carbocycles. The minimum absolute atomic E-state index is 0.00994. The van der Waals surface area contributed by atoms with Crippen molar-refractivity contribution in [3.8, 4) is 5.75 Å². The van der Waals surface area contributed by atoms with Gasteiger partial charge in [0.15, 0.2) is 11.0 Å². The van der Waals surface area contributed by atoms with Crippen molar-refractivity contribution in [1.29, 1.82) is 0 Å². The van der Waals surface area contributed by atoms with Gasteiger partial charge in [-0.2, -0.15) is 8.42 Å². The first kappa shape index (κ1) is 57.5. The highest BCUT2D eigenvalue weighted by atomic mass is 35.5. The molecule has 4 heterocycles. The predicted molar refractivity (Wildman–Crippen MR) is 261 cm³/mol. The number of esters is 1. The molecule has 71 heavy (non-hydrogen) atoms. The number of hydroxylamine groups is 2. The summed E-state index contributed by atoms with van der Waals surface area (Å²) >= 11 is 6.80. The molecule has 3 fully saturated rings. The maximum absolute atomic E-state index is 14.3. The van der Waals surface area contributed by atoms with E-state index in [1.165, 1.54) is 55.8 Å². The summed E-state index contributed by atoms with van der Waals surface area (Å²) in [4.78, 5) is 98.6. The van der Waals surface area contributed by atoms with Crippen molar-refractivity contribution >= 4 is 90.7 Å². The van der Waals surface area contributed by atoms with Gasteiger partial charge in [-0.05, 0) is 71.6 Å². The summed E-state index contributed by atoms with van der Waals surface area (Å²) in [5.41, 5.74) is -1.27. The predicted octanol–water partition coefficient (Wildman–Crippen LogP) is 4.71. The molecule has 6 unspecified atom stereocenters. The van der Waals surface area contributed by atoms with Crippen LogP contribution < -0.4 is 15.0 Å². The fourth-order valence-corrected chi connectivity index (χ4v) is 12.2. The summed E-state index contributed by atoms with van der Waals surface area (Å²) in [6, 6.07) is 2.34. The Morgan fingerprint density at radius 2 is 1.76 bits per heavy atom. The Hall–Kier alpha value is -4.43. The number of rotatable bonds is 16. The van der Waals surface area contributed by atoms with E-state index < -0.39 is 122 Å². The number of anilines is 1. The summed E-state index contributed by atoms with van der Waals surface area (Å²) in [5, 5.41) is 12.6. The lowest BCUT2D eigenvalue weighted by molar-refractivity contribution is -0.197. The minimum atomic E-state index is -4.97. The van der Waals surface area contributed by atoms with E-state index >= 15 is 0 Å². The van der Waals surface area contributed by atoms with Gasteiger partial charge >= 0.3 is 18.0 Å². The molecular weight excluding hydrogens is 1010 g/mol. The summed E-state index contributed by atoms with van der Waals surface area (Å²) in [6.45, 7) is 10.4. The van der Waals surface area contributed by atoms with Gasteiger partial charge in [0, 0.05) is 63.3 Å². The van der Waals surface area contributed by atoms with Gasteiger partial charge in [0.2, 0.25) is 11.8 Å². The highest BCUT2D eigenvalue weighted by Crippen LogP contribution is 2.49. The fraction of sp³-hybridized carbons (Fsp3) is 0.630. The molecule has 3 saturated heterocycles. The number of allylic oxidation sites excluding steroid dienone is 3. The molecular formula is C46H63ClN4O17S3. The maximum atomic E-state index is 14.3. The largest absolute Gasteiger partial charge is 0.495 e. The monoisotopic (exact) mass is 1070 g/mol. The van der Waals surface area contributed by atoms with Gasteiger partial charge < -0.3 is 43.4 Å². The average molecular weight is 1080 g/mol. The van der Waals surface area contributed by atoms with Crippen molar-refractivity contribution in [3.05, 3.63) is 46.5 Å². The lowest BCUT2D eigenvalue weighted by Crippen LogP contribution is -2.63. The van der Waals surface area contributed by atoms with E-state index in [9.17, 15) is 51.6 Å². The Balaban J connectivity index is 1.29. The quantitative estimate of drug-likeness (QED) is 0.0505. The Morgan fingerprint density at radius 3 is 2.38 bits per heavy atom. The first-order valence-electron chi connectivity index (χ1n) is 22.7. The Bertz CT molecular complexity index is 2410. The first-order valence-corrected chi connectivity index (χ1v) is 26.9. The minimum Gasteiger partial charge on any atom is -0.495 e. The summed E-state index contributed by atoms with van der Waals surface area (Å²) in [7, 11) is 3.28. The van der Waals surface area contributed by atoms with Crippen LogP contribution in [0.25, 0.3) is 0 Å². The van der Waals surface area contributed by atoms with Gasteiger partial charge in [0.05, 0.1) is 25.3 Å². The number of alkyl carbamates (subject to hydrolysis) is 1. The van der Waals surface area contributed by atoms with E-state index in [2.05, 4.69) is 5.32 Å². The van der Waals surface area contributed by atoms with Crippen molar-refractivity contribution in [1.82, 2.24) is 15.3 Å². The summed E-state index contributed by atoms with van der Waals surface area (Å²) in [5.74, 6) is -5.17. The average Bonchev–Trinajstić information content (AvgIpc) is 3.90. The summed E-state index contributed by atoms with van der Waals surface area (Å²) in [6.07, 6.45) is -0.390. The SMILES string of the molecule is COc1cc2cc(c1Cl)N(C)C(=O)CC(OC(=O)[C@H](C)N(C)C(=O)CCC(C)(C)SSCCC(C(=O)ON1C(=O)CCC1=O)S(=O)(=O)O)[C@@]1(C)O[C@@H]1C(C)C1CC(O)(NC(=O)O1)C(OC)/C=C/C=C(\C)C2. The highest BCUT2D eigenvalue weighted by molar-refractivity contribution is 8.77. The third-order valence-corrected chi connectivity index (χ3v) is 17.9. The molecule has 0 aromatic heterocycles. The molecule has 5 rings (SSSR count). The molecule has 1 aromatic rings. The van der Waals surface area contributed by atoms with Crippen molar-refractivity contribution in [3.63, 3.8) is 0 Å². The smallest absolute Gasteiger partial charge is 0.409 e. The van der Waals surface area contributed by atoms with Crippen LogP contribution in [0.3, 0.4) is 0 Å². The van der Waals surface area contributed by atoms with Crippen LogP contribution in [0.1, 0.15) is 92.1 Å². The first-order chi connectivity index (χ1) is 33.0. The molecule has 5 amide bonds. The van der Waals surface area contributed by atoms with Crippen LogP contribution in [-0.4, -0.2) is 156 Å². The molecule has 4 aliphatic heterocycles. The number of carbonyl (C=O) groups excluding carboxylic acids is 7. The molecule has 394 valence electrons. The number of aliphatic hydroxyl groups is 1. The number of benzene rings is 1. The number of imide groups is 1. The van der Waals surface area contributed by atoms with E-state index in [0.717, 1.165) is 21.9 Å². The van der Waals surface area contributed by atoms with Crippen molar-refractivity contribution < 1.29 is 80.2 Å². The van der Waals surface area contributed by atoms with Gasteiger partial charge in [0.1, 0.15) is 40.7 Å². The second-order valence-corrected chi connectivity index (χ2v) is 24.0. The Morgan fingerprint density at radius 1 is 1.10 bits per heavy atom. The van der Waals surface area contributed by atoms with Crippen LogP contribution in [0.15, 0.2) is 35.9 Å². The van der Waals surface area contributed by atoms with E-state index in [0.29, 0.717) is 17.9 Å².